The Bertz CT molecular complexity index is 742. The molecule has 0 radical (unpaired) electrons. The third-order valence-corrected chi connectivity index (χ3v) is 6.36. The summed E-state index contributed by atoms with van der Waals surface area (Å²) in [5, 5.41) is 3.23. The van der Waals surface area contributed by atoms with Gasteiger partial charge in [-0.15, -0.1) is 0 Å². The number of nitrogens with one attached hydrogen (secondary N) is 1. The molecule has 0 bridgehead atoms. The van der Waals surface area contributed by atoms with E-state index in [2.05, 4.69) is 37.7 Å². The Labute approximate surface area is 187 Å². The highest BCUT2D eigenvalue weighted by Gasteiger charge is 2.47. The second kappa shape index (κ2) is 11.5. The molecular formula is C21H33FN6O4. The number of amides is 2. The Morgan fingerprint density at radius 3 is 2.66 bits per heavy atom. The summed E-state index contributed by atoms with van der Waals surface area (Å²) in [5.41, 5.74) is 3.81. The van der Waals surface area contributed by atoms with Crippen molar-refractivity contribution in [2.24, 2.45) is 5.73 Å². The number of likely N-dealkylation sites (N-methyl/N-ethyl adjacent to an activating group) is 1. The van der Waals surface area contributed by atoms with Crippen LogP contribution in [0.15, 0.2) is 12.4 Å². The van der Waals surface area contributed by atoms with E-state index in [1.807, 2.05) is 0 Å². The van der Waals surface area contributed by atoms with Crippen molar-refractivity contribution in [3.05, 3.63) is 18.2 Å². The van der Waals surface area contributed by atoms with Crippen LogP contribution in [0.5, 0.6) is 0 Å². The number of anilines is 1. The van der Waals surface area contributed by atoms with E-state index in [9.17, 15) is 9.18 Å². The van der Waals surface area contributed by atoms with Gasteiger partial charge in [-0.25, -0.2) is 14.4 Å². The molecule has 0 aromatic carbocycles. The molecule has 3 N–H and O–H groups in total. The predicted octanol–water partition coefficient (Wildman–Crippen LogP) is 0.0721. The van der Waals surface area contributed by atoms with E-state index in [4.69, 9.17) is 14.3 Å². The van der Waals surface area contributed by atoms with Gasteiger partial charge < -0.3 is 25.4 Å². The van der Waals surface area contributed by atoms with Crippen molar-refractivity contribution < 1.29 is 23.5 Å². The number of hydrogen-bond donors (Lipinski definition) is 2. The number of piperidine rings is 2. The van der Waals surface area contributed by atoms with Crippen LogP contribution >= 0.6 is 0 Å². The Morgan fingerprint density at radius 1 is 1.34 bits per heavy atom. The number of morpholine rings is 1. The second-order valence-corrected chi connectivity index (χ2v) is 8.30. The molecule has 0 saturated carbocycles. The lowest BCUT2D eigenvalue weighted by Gasteiger charge is -2.51. The molecule has 1 spiro atoms. The number of hydrogen-bond acceptors (Lipinski definition) is 8. The monoisotopic (exact) mass is 452 g/mol. The molecule has 1 aromatic heterocycles. The summed E-state index contributed by atoms with van der Waals surface area (Å²) < 4.78 is 25.0. The topological polar surface area (TPSA) is 123 Å². The van der Waals surface area contributed by atoms with Gasteiger partial charge in [-0.05, 0) is 38.8 Å². The molecule has 32 heavy (non-hydrogen) atoms. The average molecular weight is 453 g/mol. The van der Waals surface area contributed by atoms with Gasteiger partial charge in [-0.2, -0.15) is 0 Å². The molecule has 3 aliphatic rings. The van der Waals surface area contributed by atoms with Crippen molar-refractivity contribution in [1.82, 2.24) is 20.2 Å². The van der Waals surface area contributed by atoms with Gasteiger partial charge in [-0.1, -0.05) is 6.92 Å². The van der Waals surface area contributed by atoms with Crippen molar-refractivity contribution in [2.45, 2.75) is 50.3 Å². The zero-order valence-corrected chi connectivity index (χ0v) is 18.5. The quantitative estimate of drug-likeness (QED) is 0.602. The van der Waals surface area contributed by atoms with Crippen LogP contribution in [0.1, 0.15) is 32.6 Å². The van der Waals surface area contributed by atoms with Crippen LogP contribution in [0.2, 0.25) is 0 Å². The fraction of sp³-hybridized carbons (Fsp3) is 0.714. The highest BCUT2D eigenvalue weighted by Crippen LogP contribution is 2.31. The SMILES string of the molecule is CCN1CCCC2(COCC(=O)N2)C1COC1CCN(c2ncc(F)cn2)CC1.NC=O. The lowest BCUT2D eigenvalue weighted by molar-refractivity contribution is -0.144. The van der Waals surface area contributed by atoms with E-state index >= 15 is 0 Å². The Morgan fingerprint density at radius 2 is 2.03 bits per heavy atom. The number of aromatic nitrogens is 2. The maximum atomic E-state index is 13.0. The number of carbonyl (C=O) groups excluding carboxylic acids is 2. The molecule has 3 saturated heterocycles. The lowest BCUT2D eigenvalue weighted by atomic mass is 9.81. The van der Waals surface area contributed by atoms with E-state index in [-0.39, 0.29) is 36.6 Å². The maximum absolute atomic E-state index is 13.0. The largest absolute Gasteiger partial charge is 0.376 e. The van der Waals surface area contributed by atoms with Crippen molar-refractivity contribution in [3.63, 3.8) is 0 Å². The van der Waals surface area contributed by atoms with Crippen molar-refractivity contribution in [3.8, 4) is 0 Å². The van der Waals surface area contributed by atoms with E-state index in [0.717, 1.165) is 51.9 Å². The van der Waals surface area contributed by atoms with Crippen molar-refractivity contribution >= 4 is 18.3 Å². The minimum atomic E-state index is -0.423. The molecule has 2 unspecified atom stereocenters. The summed E-state index contributed by atoms with van der Waals surface area (Å²) in [6.07, 6.45) is 6.52. The molecule has 4 rings (SSSR count). The van der Waals surface area contributed by atoms with E-state index in [1.165, 1.54) is 12.4 Å². The first-order valence-corrected chi connectivity index (χ1v) is 11.1. The summed E-state index contributed by atoms with van der Waals surface area (Å²) >= 11 is 0. The molecule has 1 aromatic rings. The first kappa shape index (κ1) is 24.3. The van der Waals surface area contributed by atoms with Gasteiger partial charge in [-0.3, -0.25) is 14.5 Å². The molecule has 0 aliphatic carbocycles. The number of halogens is 1. The number of carbonyl (C=O) groups is 2. The van der Waals surface area contributed by atoms with Crippen molar-refractivity contribution in [1.29, 1.82) is 0 Å². The Hall–Kier alpha value is -2.37. The third-order valence-electron chi connectivity index (χ3n) is 6.36. The molecular weight excluding hydrogens is 419 g/mol. The zero-order chi connectivity index (χ0) is 23.0. The Balaban J connectivity index is 0.000000913. The number of rotatable bonds is 5. The van der Waals surface area contributed by atoms with Gasteiger partial charge in [0.15, 0.2) is 5.82 Å². The van der Waals surface area contributed by atoms with Crippen molar-refractivity contribution in [2.75, 3.05) is 50.9 Å². The third kappa shape index (κ3) is 5.90. The first-order valence-electron chi connectivity index (χ1n) is 11.1. The molecule has 3 fully saturated rings. The summed E-state index contributed by atoms with van der Waals surface area (Å²) in [4.78, 5) is 33.2. The summed E-state index contributed by atoms with van der Waals surface area (Å²) in [6, 6.07) is 0.115. The van der Waals surface area contributed by atoms with Gasteiger partial charge in [0.1, 0.15) is 6.61 Å². The van der Waals surface area contributed by atoms with E-state index in [1.54, 1.807) is 0 Å². The number of nitrogens with two attached hydrogens (primary N) is 1. The normalized spacial score (nSPS) is 26.9. The summed E-state index contributed by atoms with van der Waals surface area (Å²) in [5.74, 6) is 0.106. The highest BCUT2D eigenvalue weighted by atomic mass is 19.1. The smallest absolute Gasteiger partial charge is 0.246 e. The minimum absolute atomic E-state index is 0.0354. The van der Waals surface area contributed by atoms with E-state index in [0.29, 0.717) is 19.2 Å². The van der Waals surface area contributed by atoms with Gasteiger partial charge in [0, 0.05) is 13.1 Å². The van der Waals surface area contributed by atoms with Gasteiger partial charge >= 0.3 is 0 Å². The predicted molar refractivity (Wildman–Crippen MR) is 115 cm³/mol. The van der Waals surface area contributed by atoms with Crippen LogP contribution in [0.25, 0.3) is 0 Å². The maximum Gasteiger partial charge on any atom is 0.246 e. The lowest BCUT2D eigenvalue weighted by Crippen LogP contribution is -2.71. The molecule has 4 heterocycles. The van der Waals surface area contributed by atoms with Crippen LogP contribution in [0.3, 0.4) is 0 Å². The average Bonchev–Trinajstić information content (AvgIpc) is 2.79. The number of ether oxygens (including phenoxy) is 2. The number of nitrogens with zero attached hydrogens (tertiary/aromatic N) is 4. The first-order chi connectivity index (χ1) is 15.5. The standard InChI is InChI=1S/C20H30FN5O3.CH3NO/c1-2-25-7-3-6-20(14-28-13-18(27)24-20)17(25)12-29-16-4-8-26(9-5-16)19-22-10-15(21)11-23-19;2-1-3/h10-11,16-17H,2-9,12-14H2,1H3,(H,24,27);1H,(H2,2,3). The molecule has 3 aliphatic heterocycles. The van der Waals surface area contributed by atoms with Crippen LogP contribution in [0.4, 0.5) is 10.3 Å². The van der Waals surface area contributed by atoms with Gasteiger partial charge in [0.25, 0.3) is 0 Å². The Kier molecular flexibility index (Phi) is 8.71. The van der Waals surface area contributed by atoms with Crippen LogP contribution in [-0.4, -0.2) is 90.9 Å². The van der Waals surface area contributed by atoms with Gasteiger partial charge in [0.2, 0.25) is 18.3 Å². The van der Waals surface area contributed by atoms with Gasteiger partial charge in [0.05, 0.1) is 43.3 Å². The van der Waals surface area contributed by atoms with Crippen LogP contribution in [-0.2, 0) is 19.1 Å². The number of primary amides is 1. The summed E-state index contributed by atoms with van der Waals surface area (Å²) in [6.45, 7) is 6.92. The molecule has 2 amide bonds. The van der Waals surface area contributed by atoms with E-state index < -0.39 is 5.82 Å². The minimum Gasteiger partial charge on any atom is -0.376 e. The van der Waals surface area contributed by atoms with Crippen LogP contribution < -0.4 is 16.0 Å². The molecule has 11 heteroatoms. The fourth-order valence-electron chi connectivity index (χ4n) is 4.82. The fourth-order valence-corrected chi connectivity index (χ4v) is 4.82. The molecule has 10 nitrogen and oxygen atoms in total. The zero-order valence-electron chi connectivity index (χ0n) is 18.5. The molecule has 178 valence electrons. The highest BCUT2D eigenvalue weighted by molar-refractivity contribution is 5.79. The number of likely N-dealkylation sites (tertiary alicyclic amines) is 1. The second-order valence-electron chi connectivity index (χ2n) is 8.30. The van der Waals surface area contributed by atoms with Crippen LogP contribution in [0, 0.1) is 5.82 Å². The summed E-state index contributed by atoms with van der Waals surface area (Å²) in [7, 11) is 0. The molecule has 2 atom stereocenters.